The van der Waals surface area contributed by atoms with Crippen molar-refractivity contribution in [3.63, 3.8) is 0 Å². The molecule has 2 nitrogen and oxygen atoms in total. The fourth-order valence-corrected chi connectivity index (χ4v) is 8.62. The van der Waals surface area contributed by atoms with Crippen LogP contribution in [0.5, 0.6) is 0 Å². The van der Waals surface area contributed by atoms with Crippen LogP contribution in [0.3, 0.4) is 0 Å². The second-order valence-corrected chi connectivity index (χ2v) is 11.8. The van der Waals surface area contributed by atoms with E-state index in [4.69, 9.17) is 0 Å². The third-order valence-corrected chi connectivity index (χ3v) is 10.4. The number of aliphatic hydroxyl groups excluding tert-OH is 2. The van der Waals surface area contributed by atoms with Crippen LogP contribution < -0.4 is 0 Å². The topological polar surface area (TPSA) is 40.5 Å². The highest BCUT2D eigenvalue weighted by Crippen LogP contribution is 2.67. The van der Waals surface area contributed by atoms with Crippen molar-refractivity contribution in [1.29, 1.82) is 0 Å². The lowest BCUT2D eigenvalue weighted by atomic mass is 9.47. The Kier molecular flexibility index (Phi) is 6.35. The van der Waals surface area contributed by atoms with Crippen LogP contribution in [-0.4, -0.2) is 28.6 Å². The van der Waals surface area contributed by atoms with Crippen LogP contribution >= 0.6 is 0 Å². The van der Waals surface area contributed by atoms with Crippen molar-refractivity contribution in [3.05, 3.63) is 11.6 Å². The van der Waals surface area contributed by atoms with Gasteiger partial charge in [-0.25, -0.2) is 0 Å². The molecule has 0 radical (unpaired) electrons. The van der Waals surface area contributed by atoms with Gasteiger partial charge < -0.3 is 10.2 Å². The van der Waals surface area contributed by atoms with Gasteiger partial charge in [0, 0.05) is 0 Å². The molecule has 0 aliphatic heterocycles. The molecule has 31 heavy (non-hydrogen) atoms. The summed E-state index contributed by atoms with van der Waals surface area (Å²) in [6.45, 7) is 7.15. The second kappa shape index (κ2) is 8.34. The molecule has 0 saturated heterocycles. The highest BCUT2D eigenvalue weighted by Gasteiger charge is 2.59. The predicted molar refractivity (Wildman–Crippen MR) is 116 cm³/mol. The summed E-state index contributed by atoms with van der Waals surface area (Å²) in [5.41, 5.74) is 2.04. The molecule has 178 valence electrons. The van der Waals surface area contributed by atoms with Crippen LogP contribution in [0.1, 0.15) is 91.4 Å². The minimum atomic E-state index is -4.50. The molecule has 9 atom stereocenters. The first-order valence-electron chi connectivity index (χ1n) is 12.6. The molecule has 0 heterocycles. The van der Waals surface area contributed by atoms with Crippen LogP contribution in [0.15, 0.2) is 11.6 Å². The van der Waals surface area contributed by atoms with Crippen molar-refractivity contribution in [3.8, 4) is 0 Å². The highest BCUT2D eigenvalue weighted by atomic mass is 19.4. The van der Waals surface area contributed by atoms with Crippen molar-refractivity contribution in [1.82, 2.24) is 0 Å². The van der Waals surface area contributed by atoms with Gasteiger partial charge >= 0.3 is 6.18 Å². The molecule has 3 saturated carbocycles. The van der Waals surface area contributed by atoms with E-state index in [9.17, 15) is 23.4 Å². The Balaban J connectivity index is 1.42. The number of allylic oxidation sites excluding steroid dienone is 1. The minimum absolute atomic E-state index is 0.169. The normalized spacial score (nSPS) is 44.6. The first-order valence-corrected chi connectivity index (χ1v) is 12.6. The fraction of sp³-hybridized carbons (Fsp3) is 0.923. The number of hydrogen-bond donors (Lipinski definition) is 2. The van der Waals surface area contributed by atoms with Gasteiger partial charge in [0.1, 0.15) is 6.10 Å². The molecule has 4 aliphatic carbocycles. The van der Waals surface area contributed by atoms with Crippen LogP contribution in [0.25, 0.3) is 0 Å². The third-order valence-electron chi connectivity index (χ3n) is 10.4. The molecular formula is C26H41F3O2. The van der Waals surface area contributed by atoms with Gasteiger partial charge in [-0.2, -0.15) is 13.2 Å². The summed E-state index contributed by atoms with van der Waals surface area (Å²) in [6, 6.07) is 0. The Labute approximate surface area is 185 Å². The van der Waals surface area contributed by atoms with Crippen LogP contribution in [0.4, 0.5) is 13.2 Å². The van der Waals surface area contributed by atoms with Gasteiger partial charge in [-0.15, -0.1) is 0 Å². The third kappa shape index (κ3) is 4.11. The smallest absolute Gasteiger partial charge is 0.393 e. The lowest BCUT2D eigenvalue weighted by Crippen LogP contribution is -2.50. The first kappa shape index (κ1) is 23.6. The summed E-state index contributed by atoms with van der Waals surface area (Å²) in [5, 5.41) is 19.5. The number of hydrogen-bond acceptors (Lipinski definition) is 2. The zero-order valence-corrected chi connectivity index (χ0v) is 19.4. The van der Waals surface area contributed by atoms with E-state index in [1.165, 1.54) is 31.3 Å². The SMILES string of the molecule is C[C@H](CCCC(O)C(F)(F)F)[C@H]1CC[C@H]2[C@@H]3CC=C4C[C@@H](O)CC[C@]4(C)[C@H]3CC[C@]12C. The quantitative estimate of drug-likeness (QED) is 0.468. The van der Waals surface area contributed by atoms with Crippen LogP contribution in [0.2, 0.25) is 0 Å². The van der Waals surface area contributed by atoms with E-state index in [-0.39, 0.29) is 17.9 Å². The van der Waals surface area contributed by atoms with Gasteiger partial charge in [0.15, 0.2) is 0 Å². The number of halogens is 3. The molecule has 0 spiro atoms. The average molecular weight is 443 g/mol. The second-order valence-electron chi connectivity index (χ2n) is 11.8. The molecular weight excluding hydrogens is 401 g/mol. The Bertz CT molecular complexity index is 689. The molecule has 0 aromatic heterocycles. The largest absolute Gasteiger partial charge is 0.414 e. The summed E-state index contributed by atoms with van der Waals surface area (Å²) in [4.78, 5) is 0. The van der Waals surface area contributed by atoms with Crippen LogP contribution in [0, 0.1) is 40.4 Å². The van der Waals surface area contributed by atoms with E-state index in [1.807, 2.05) is 0 Å². The number of aliphatic hydroxyl groups is 2. The summed E-state index contributed by atoms with van der Waals surface area (Å²) in [5.74, 6) is 3.12. The lowest BCUT2D eigenvalue weighted by molar-refractivity contribution is -0.205. The summed E-state index contributed by atoms with van der Waals surface area (Å²) >= 11 is 0. The molecule has 2 N–H and O–H groups in total. The van der Waals surface area contributed by atoms with Gasteiger partial charge in [0.05, 0.1) is 6.10 Å². The summed E-state index contributed by atoms with van der Waals surface area (Å²) in [6.07, 6.45) is 5.59. The van der Waals surface area contributed by atoms with E-state index < -0.39 is 12.3 Å². The highest BCUT2D eigenvalue weighted by molar-refractivity contribution is 5.25. The van der Waals surface area contributed by atoms with Crippen molar-refractivity contribution < 1.29 is 23.4 Å². The van der Waals surface area contributed by atoms with E-state index in [2.05, 4.69) is 26.8 Å². The summed E-state index contributed by atoms with van der Waals surface area (Å²) < 4.78 is 37.9. The maximum atomic E-state index is 12.6. The van der Waals surface area contributed by atoms with Gasteiger partial charge in [0.25, 0.3) is 0 Å². The predicted octanol–water partition coefficient (Wildman–Crippen LogP) is 6.66. The molecule has 0 amide bonds. The Morgan fingerprint density at radius 1 is 1.06 bits per heavy atom. The molecule has 3 fully saturated rings. The minimum Gasteiger partial charge on any atom is -0.393 e. The molecule has 4 rings (SSSR count). The zero-order chi connectivity index (χ0) is 22.6. The number of fused-ring (bicyclic) bond motifs is 5. The van der Waals surface area contributed by atoms with Crippen molar-refractivity contribution in [2.45, 2.75) is 110 Å². The maximum absolute atomic E-state index is 12.6. The molecule has 0 aromatic rings. The van der Waals surface area contributed by atoms with Crippen LogP contribution in [-0.2, 0) is 0 Å². The Morgan fingerprint density at radius 2 is 1.81 bits per heavy atom. The van der Waals surface area contributed by atoms with E-state index >= 15 is 0 Å². The monoisotopic (exact) mass is 442 g/mol. The van der Waals surface area contributed by atoms with Gasteiger partial charge in [-0.1, -0.05) is 45.3 Å². The number of alkyl halides is 3. The molecule has 0 aromatic carbocycles. The Morgan fingerprint density at radius 3 is 2.52 bits per heavy atom. The van der Waals surface area contributed by atoms with E-state index in [0.717, 1.165) is 32.1 Å². The zero-order valence-electron chi connectivity index (χ0n) is 19.4. The molecule has 1 unspecified atom stereocenters. The molecule has 5 heteroatoms. The van der Waals surface area contributed by atoms with E-state index in [1.54, 1.807) is 0 Å². The van der Waals surface area contributed by atoms with Gasteiger partial charge in [-0.3, -0.25) is 0 Å². The standard InChI is InChI=1S/C26H41F3O2/c1-16(5-4-6-23(31)26(27,28)29)20-9-10-21-19-8-7-17-15-18(30)11-13-24(17,2)22(19)12-14-25(20,21)3/h7,16,18-23,30-31H,4-6,8-15H2,1-3H3/t16-,18+,19+,20-,21+,22+,23?,24+,25-/m1/s1. The van der Waals surface area contributed by atoms with Crippen molar-refractivity contribution in [2.75, 3.05) is 0 Å². The van der Waals surface area contributed by atoms with Gasteiger partial charge in [-0.05, 0) is 98.2 Å². The molecule has 4 aliphatic rings. The maximum Gasteiger partial charge on any atom is 0.414 e. The van der Waals surface area contributed by atoms with Crippen molar-refractivity contribution >= 4 is 0 Å². The molecule has 0 bridgehead atoms. The van der Waals surface area contributed by atoms with E-state index in [0.29, 0.717) is 41.4 Å². The lowest BCUT2D eigenvalue weighted by Gasteiger charge is -2.58. The Hall–Kier alpha value is -0.550. The van der Waals surface area contributed by atoms with Crippen molar-refractivity contribution in [2.24, 2.45) is 40.4 Å². The fourth-order valence-electron chi connectivity index (χ4n) is 8.62. The average Bonchev–Trinajstić information content (AvgIpc) is 3.05. The summed E-state index contributed by atoms with van der Waals surface area (Å²) in [7, 11) is 0. The number of rotatable bonds is 5. The first-order chi connectivity index (χ1) is 14.5. The van der Waals surface area contributed by atoms with Gasteiger partial charge in [0.2, 0.25) is 0 Å².